The lowest BCUT2D eigenvalue weighted by Gasteiger charge is -1.92. The van der Waals surface area contributed by atoms with E-state index in [-0.39, 0.29) is 5.76 Å². The Balaban J connectivity index is 0. The molecule has 0 heterocycles. The van der Waals surface area contributed by atoms with Gasteiger partial charge in [0.05, 0.1) is 5.70 Å². The lowest BCUT2D eigenvalue weighted by molar-refractivity contribution is 0.406. The number of rotatable bonds is 1. The minimum Gasteiger partial charge on any atom is -0.511 e. The zero-order valence-corrected chi connectivity index (χ0v) is 7.77. The van der Waals surface area contributed by atoms with Crippen molar-refractivity contribution in [3.05, 3.63) is 11.5 Å². The molecule has 0 unspecified atom stereocenters. The van der Waals surface area contributed by atoms with Crippen LogP contribution in [0.1, 0.15) is 34.6 Å². The predicted octanol–water partition coefficient (Wildman–Crippen LogP) is 3.21. The second-order valence-electron chi connectivity index (χ2n) is 1.78. The molecule has 0 aliphatic heterocycles. The summed E-state index contributed by atoms with van der Waals surface area (Å²) in [5, 5.41) is 8.68. The van der Waals surface area contributed by atoms with Gasteiger partial charge >= 0.3 is 0 Å². The molecule has 0 saturated carbocycles. The highest BCUT2D eigenvalue weighted by Gasteiger charge is 1.90. The Morgan fingerprint density at radius 3 is 1.64 bits per heavy atom. The topological polar surface area (TPSA) is 32.6 Å². The van der Waals surface area contributed by atoms with E-state index in [2.05, 4.69) is 4.99 Å². The fourth-order valence-electron chi connectivity index (χ4n) is 0.312. The molecule has 0 amide bonds. The second-order valence-corrected chi connectivity index (χ2v) is 1.78. The standard InChI is InChI=1S/C6H10FNO.C2H6/c1-4(5(2)9)8-6(3)7;1-2/h9H,1-3H3;1-2H3/b5-4+,8-6?;. The fraction of sp³-hybridized carbons (Fsp3) is 0.625. The summed E-state index contributed by atoms with van der Waals surface area (Å²) in [6, 6.07) is 0. The van der Waals surface area contributed by atoms with E-state index in [4.69, 9.17) is 5.11 Å². The van der Waals surface area contributed by atoms with Crippen LogP contribution in [-0.2, 0) is 0 Å². The van der Waals surface area contributed by atoms with Crippen molar-refractivity contribution in [1.82, 2.24) is 0 Å². The van der Waals surface area contributed by atoms with Gasteiger partial charge in [-0.05, 0) is 13.8 Å². The van der Waals surface area contributed by atoms with Crippen molar-refractivity contribution >= 4 is 5.97 Å². The molecular formula is C8H16FNO. The van der Waals surface area contributed by atoms with E-state index in [0.29, 0.717) is 5.70 Å². The highest BCUT2D eigenvalue weighted by molar-refractivity contribution is 5.72. The molecule has 0 aromatic heterocycles. The highest BCUT2D eigenvalue weighted by atomic mass is 19.1. The van der Waals surface area contributed by atoms with Gasteiger partial charge in [-0.3, -0.25) is 0 Å². The van der Waals surface area contributed by atoms with E-state index in [1.165, 1.54) is 13.8 Å². The van der Waals surface area contributed by atoms with Crippen LogP contribution in [0, 0.1) is 0 Å². The van der Waals surface area contributed by atoms with Crippen LogP contribution in [-0.4, -0.2) is 11.1 Å². The van der Waals surface area contributed by atoms with Gasteiger partial charge in [-0.2, -0.15) is 4.39 Å². The maximum absolute atomic E-state index is 11.9. The number of allylic oxidation sites excluding steroid dienone is 2. The van der Waals surface area contributed by atoms with Gasteiger partial charge in [0.25, 0.3) is 0 Å². The summed E-state index contributed by atoms with van der Waals surface area (Å²) < 4.78 is 11.9. The lowest BCUT2D eigenvalue weighted by Crippen LogP contribution is -1.82. The first kappa shape index (κ1) is 12.8. The van der Waals surface area contributed by atoms with Crippen LogP contribution in [0.5, 0.6) is 0 Å². The highest BCUT2D eigenvalue weighted by Crippen LogP contribution is 2.01. The average Bonchev–Trinajstić information content (AvgIpc) is 1.90. The Hall–Kier alpha value is -0.860. The predicted molar refractivity (Wildman–Crippen MR) is 46.6 cm³/mol. The minimum atomic E-state index is -0.541. The number of nitrogens with zero attached hydrogens (tertiary/aromatic N) is 1. The summed E-state index contributed by atoms with van der Waals surface area (Å²) in [6.45, 7) is 8.23. The van der Waals surface area contributed by atoms with Gasteiger partial charge in [0.15, 0.2) is 5.97 Å². The first-order chi connectivity index (χ1) is 5.04. The van der Waals surface area contributed by atoms with Crippen molar-refractivity contribution in [3.8, 4) is 0 Å². The molecule has 3 heteroatoms. The minimum absolute atomic E-state index is 0.0481. The number of aliphatic hydroxyl groups excluding tert-OH is 1. The van der Waals surface area contributed by atoms with E-state index in [0.717, 1.165) is 0 Å². The maximum atomic E-state index is 11.9. The van der Waals surface area contributed by atoms with E-state index >= 15 is 0 Å². The Kier molecular flexibility index (Phi) is 8.43. The summed E-state index contributed by atoms with van der Waals surface area (Å²) in [6.07, 6.45) is 0. The van der Waals surface area contributed by atoms with Gasteiger partial charge in [-0.15, -0.1) is 0 Å². The Morgan fingerprint density at radius 1 is 1.18 bits per heavy atom. The summed E-state index contributed by atoms with van der Waals surface area (Å²) in [7, 11) is 0. The van der Waals surface area contributed by atoms with Gasteiger partial charge < -0.3 is 5.11 Å². The van der Waals surface area contributed by atoms with Crippen molar-refractivity contribution < 1.29 is 9.50 Å². The zero-order valence-electron chi connectivity index (χ0n) is 7.77. The molecular weight excluding hydrogens is 145 g/mol. The van der Waals surface area contributed by atoms with E-state index in [1.807, 2.05) is 13.8 Å². The molecule has 66 valence electrons. The van der Waals surface area contributed by atoms with Gasteiger partial charge in [0, 0.05) is 6.92 Å². The van der Waals surface area contributed by atoms with Crippen molar-refractivity contribution in [2.45, 2.75) is 34.6 Å². The first-order valence-electron chi connectivity index (χ1n) is 3.61. The molecule has 0 fully saturated rings. The molecule has 0 bridgehead atoms. The molecule has 0 saturated heterocycles. The summed E-state index contributed by atoms with van der Waals surface area (Å²) in [5.74, 6) is -0.493. The van der Waals surface area contributed by atoms with Gasteiger partial charge in [0.2, 0.25) is 0 Å². The van der Waals surface area contributed by atoms with Crippen LogP contribution < -0.4 is 0 Å². The number of halogens is 1. The number of aliphatic imine (C=N–C) groups is 1. The molecule has 1 N–H and O–H groups in total. The van der Waals surface area contributed by atoms with Gasteiger partial charge in [0.1, 0.15) is 5.76 Å². The molecule has 0 aliphatic carbocycles. The van der Waals surface area contributed by atoms with Gasteiger partial charge in [-0.1, -0.05) is 13.8 Å². The summed E-state index contributed by atoms with van der Waals surface area (Å²) >= 11 is 0. The SMILES string of the molecule is CC.CC(F)=N/C(C)=C(\C)O. The molecule has 0 radical (unpaired) electrons. The third-order valence-corrected chi connectivity index (χ3v) is 0.845. The Labute approximate surface area is 67.5 Å². The number of hydrogen-bond acceptors (Lipinski definition) is 2. The molecule has 0 aromatic rings. The van der Waals surface area contributed by atoms with Crippen LogP contribution in [0.25, 0.3) is 0 Å². The van der Waals surface area contributed by atoms with Crippen molar-refractivity contribution in [3.63, 3.8) is 0 Å². The van der Waals surface area contributed by atoms with Crippen molar-refractivity contribution in [2.75, 3.05) is 0 Å². The Morgan fingerprint density at radius 2 is 1.55 bits per heavy atom. The van der Waals surface area contributed by atoms with Crippen molar-refractivity contribution in [2.24, 2.45) is 4.99 Å². The summed E-state index contributed by atoms with van der Waals surface area (Å²) in [5.41, 5.74) is 0.315. The van der Waals surface area contributed by atoms with Crippen LogP contribution in [0.4, 0.5) is 4.39 Å². The molecule has 0 aliphatic rings. The van der Waals surface area contributed by atoms with E-state index in [1.54, 1.807) is 6.92 Å². The van der Waals surface area contributed by atoms with Crippen LogP contribution in [0.15, 0.2) is 16.4 Å². The number of hydrogen-bond donors (Lipinski definition) is 1. The number of aliphatic hydroxyl groups is 1. The van der Waals surface area contributed by atoms with Crippen LogP contribution in [0.2, 0.25) is 0 Å². The van der Waals surface area contributed by atoms with Gasteiger partial charge in [-0.25, -0.2) is 4.99 Å². The Bertz CT molecular complexity index is 153. The largest absolute Gasteiger partial charge is 0.511 e. The molecule has 2 nitrogen and oxygen atoms in total. The lowest BCUT2D eigenvalue weighted by atomic mass is 10.4. The van der Waals surface area contributed by atoms with Crippen molar-refractivity contribution in [1.29, 1.82) is 0 Å². The monoisotopic (exact) mass is 161 g/mol. The normalized spacial score (nSPS) is 13.1. The van der Waals surface area contributed by atoms with Crippen LogP contribution >= 0.6 is 0 Å². The van der Waals surface area contributed by atoms with E-state index in [9.17, 15) is 4.39 Å². The molecule has 0 rings (SSSR count). The third-order valence-electron chi connectivity index (χ3n) is 0.845. The summed E-state index contributed by atoms with van der Waals surface area (Å²) in [4.78, 5) is 3.36. The zero-order chi connectivity index (χ0) is 9.44. The molecule has 0 aromatic carbocycles. The smallest absolute Gasteiger partial charge is 0.186 e. The van der Waals surface area contributed by atoms with Crippen LogP contribution in [0.3, 0.4) is 0 Å². The quantitative estimate of drug-likeness (QED) is 0.465. The molecule has 0 atom stereocenters. The third kappa shape index (κ3) is 9.14. The fourth-order valence-corrected chi connectivity index (χ4v) is 0.312. The first-order valence-corrected chi connectivity index (χ1v) is 3.61. The maximum Gasteiger partial charge on any atom is 0.186 e. The molecule has 0 spiro atoms. The second kappa shape index (κ2) is 7.25. The molecule has 11 heavy (non-hydrogen) atoms. The average molecular weight is 161 g/mol. The van der Waals surface area contributed by atoms with E-state index < -0.39 is 5.97 Å².